The summed E-state index contributed by atoms with van der Waals surface area (Å²) in [6.07, 6.45) is 7.20. The molecule has 228 valence electrons. The monoisotopic (exact) mass is 626 g/mol. The van der Waals surface area contributed by atoms with E-state index in [4.69, 9.17) is 4.98 Å². The van der Waals surface area contributed by atoms with Crippen LogP contribution in [-0.4, -0.2) is 48.1 Å². The van der Waals surface area contributed by atoms with Crippen molar-refractivity contribution in [2.75, 3.05) is 11.6 Å². The smallest absolute Gasteiger partial charge is 0.138 e. The van der Waals surface area contributed by atoms with Crippen molar-refractivity contribution in [2.45, 2.75) is 6.54 Å². The molecule has 5 heterocycles. The van der Waals surface area contributed by atoms with Crippen molar-refractivity contribution in [1.82, 2.24) is 34.9 Å². The largest absolute Gasteiger partial charge is 0.354 e. The zero-order valence-electron chi connectivity index (χ0n) is 25.1. The Morgan fingerprint density at radius 1 is 0.957 bits per heavy atom. The second-order valence-electron chi connectivity index (χ2n) is 11.3. The number of nitrogens with one attached hydrogen (secondary N) is 4. The number of anilines is 1. The fourth-order valence-corrected chi connectivity index (χ4v) is 5.87. The van der Waals surface area contributed by atoms with E-state index in [1.807, 2.05) is 73.0 Å². The van der Waals surface area contributed by atoms with E-state index in [2.05, 4.69) is 53.5 Å². The molecule has 0 spiro atoms. The summed E-state index contributed by atoms with van der Waals surface area (Å²) in [4.78, 5) is 17.4. The minimum absolute atomic E-state index is 0.312. The Morgan fingerprint density at radius 2 is 1.80 bits per heavy atom. The minimum Gasteiger partial charge on any atom is -0.354 e. The molecule has 0 bridgehead atoms. The lowest BCUT2D eigenvalue weighted by molar-refractivity contribution is 0.625. The van der Waals surface area contributed by atoms with Crippen molar-refractivity contribution in [3.8, 4) is 33.8 Å². The molecule has 2 aromatic carbocycles. The number of pyridine rings is 3. The average molecular weight is 627 g/mol. The highest BCUT2D eigenvalue weighted by molar-refractivity contribution is 8.25. The maximum atomic E-state index is 14.8. The van der Waals surface area contributed by atoms with Crippen LogP contribution in [0.1, 0.15) is 11.1 Å². The summed E-state index contributed by atoms with van der Waals surface area (Å²) in [7, 11) is -1.44. The van der Waals surface area contributed by atoms with Gasteiger partial charge in [0.15, 0.2) is 0 Å². The Hall–Kier alpha value is -5.58. The van der Waals surface area contributed by atoms with Gasteiger partial charge in [-0.3, -0.25) is 14.8 Å². The van der Waals surface area contributed by atoms with Gasteiger partial charge in [0.2, 0.25) is 0 Å². The van der Waals surface area contributed by atoms with E-state index >= 15 is 0 Å². The maximum absolute atomic E-state index is 14.8. The minimum atomic E-state index is -1.44. The van der Waals surface area contributed by atoms with Gasteiger partial charge in [-0.05, 0) is 77.0 Å². The van der Waals surface area contributed by atoms with E-state index in [1.54, 1.807) is 18.6 Å². The van der Waals surface area contributed by atoms with Gasteiger partial charge in [-0.25, -0.2) is 14.4 Å². The first-order valence-electron chi connectivity index (χ1n) is 14.5. The highest BCUT2D eigenvalue weighted by Gasteiger charge is 2.17. The number of hydrogen-bond donors (Lipinski definition) is 4. The molecule has 7 aromatic rings. The summed E-state index contributed by atoms with van der Waals surface area (Å²) < 4.78 is 18.1. The van der Waals surface area contributed by atoms with Gasteiger partial charge in [0.1, 0.15) is 22.7 Å². The quantitative estimate of drug-likeness (QED) is 0.122. The maximum Gasteiger partial charge on any atom is 0.138 e. The lowest BCUT2D eigenvalue weighted by Gasteiger charge is -2.12. The van der Waals surface area contributed by atoms with Gasteiger partial charge in [-0.15, -0.1) is 0 Å². The van der Waals surface area contributed by atoms with Gasteiger partial charge in [0.05, 0.1) is 28.8 Å². The number of nitrogens with zero attached hydrogens (tertiary/aromatic N) is 4. The molecule has 7 rings (SSSR count). The molecule has 0 aliphatic carbocycles. The Balaban J connectivity index is 1.22. The summed E-state index contributed by atoms with van der Waals surface area (Å²) in [6.45, 7) is 4.64. The van der Waals surface area contributed by atoms with Crippen LogP contribution in [0, 0.1) is 5.82 Å². The molecule has 0 atom stereocenters. The van der Waals surface area contributed by atoms with E-state index in [1.165, 1.54) is 12.1 Å². The Kier molecular flexibility index (Phi) is 7.44. The number of fused-ring (bicyclic) bond motifs is 2. The molecule has 0 unspecified atom stereocenters. The molecule has 0 aliphatic rings. The second-order valence-corrected chi connectivity index (χ2v) is 14.2. The average Bonchev–Trinajstić information content (AvgIpc) is 3.68. The van der Waals surface area contributed by atoms with Gasteiger partial charge in [-0.1, -0.05) is 48.7 Å². The second kappa shape index (κ2) is 11.7. The van der Waals surface area contributed by atoms with Crippen LogP contribution in [0.25, 0.3) is 61.5 Å². The third-order valence-corrected chi connectivity index (χ3v) is 8.38. The number of hydrogen-bond acceptors (Lipinski definition) is 6. The first-order valence-corrected chi connectivity index (χ1v) is 16.9. The van der Waals surface area contributed by atoms with Crippen LogP contribution < -0.4 is 10.0 Å². The molecule has 46 heavy (non-hydrogen) atoms. The molecule has 8 nitrogen and oxygen atoms in total. The number of aromatic amines is 2. The fourth-order valence-electron chi connectivity index (χ4n) is 5.35. The SMILES string of the molecule is C=C(Nc1cncc(-c2ccc3[nH]nc(-c4cc5c(-c6cc(F)cc(CNS(=C)(=C)C)c6)ccnc5[nH]4)c3n2)c1)c1ccccc1. The van der Waals surface area contributed by atoms with Crippen molar-refractivity contribution in [1.29, 1.82) is 0 Å². The van der Waals surface area contributed by atoms with Crippen molar-refractivity contribution >= 4 is 54.6 Å². The van der Waals surface area contributed by atoms with Crippen LogP contribution in [0.5, 0.6) is 0 Å². The third-order valence-electron chi connectivity index (χ3n) is 7.54. The van der Waals surface area contributed by atoms with Gasteiger partial charge in [-0.2, -0.15) is 14.5 Å². The van der Waals surface area contributed by atoms with Crippen LogP contribution >= 0.6 is 9.39 Å². The molecule has 0 radical (unpaired) electrons. The molecule has 0 saturated heterocycles. The van der Waals surface area contributed by atoms with E-state index in [-0.39, 0.29) is 5.82 Å². The number of rotatable bonds is 9. The van der Waals surface area contributed by atoms with Gasteiger partial charge < -0.3 is 10.3 Å². The standard InChI is InChI=1S/C36H31FN8S/c1-22(24-8-6-5-7-9-24)41-28-17-26(20-38-21-28)31-10-11-32-34(42-31)35(45-44-32)33-18-30-29(12-13-39-36(30)43-33)25-14-23(15-27(37)16-25)19-40-46(2,3)4/h5-18,20-21,40-41H,1-3,19H2,4H3,(H,39,43)(H,44,45). The van der Waals surface area contributed by atoms with E-state index in [0.29, 0.717) is 23.4 Å². The van der Waals surface area contributed by atoms with E-state index < -0.39 is 9.39 Å². The first-order chi connectivity index (χ1) is 22.2. The molecular weight excluding hydrogens is 596 g/mol. The molecule has 5 aromatic heterocycles. The first kappa shape index (κ1) is 29.1. The summed E-state index contributed by atoms with van der Waals surface area (Å²) >= 11 is 0. The third kappa shape index (κ3) is 6.03. The zero-order valence-corrected chi connectivity index (χ0v) is 26.0. The lowest BCUT2D eigenvalue weighted by Crippen LogP contribution is -2.08. The van der Waals surface area contributed by atoms with Crippen molar-refractivity contribution in [2.24, 2.45) is 0 Å². The van der Waals surface area contributed by atoms with Crippen molar-refractivity contribution in [3.63, 3.8) is 0 Å². The molecular formula is C36H31FN8S. The molecule has 4 N–H and O–H groups in total. The highest BCUT2D eigenvalue weighted by Crippen LogP contribution is 2.34. The summed E-state index contributed by atoms with van der Waals surface area (Å²) in [5.74, 6) is 7.80. The normalized spacial score (nSPS) is 11.7. The lowest BCUT2D eigenvalue weighted by atomic mass is 10.0. The number of benzene rings is 2. The Bertz CT molecular complexity index is 2360. The Morgan fingerprint density at radius 3 is 2.63 bits per heavy atom. The number of aromatic nitrogens is 6. The Labute approximate surface area is 266 Å². The van der Waals surface area contributed by atoms with Crippen LogP contribution in [0.15, 0.2) is 104 Å². The van der Waals surface area contributed by atoms with Gasteiger partial charge >= 0.3 is 0 Å². The van der Waals surface area contributed by atoms with Gasteiger partial charge in [0, 0.05) is 35.6 Å². The van der Waals surface area contributed by atoms with Crippen LogP contribution in [-0.2, 0) is 6.54 Å². The van der Waals surface area contributed by atoms with E-state index in [0.717, 1.165) is 61.5 Å². The van der Waals surface area contributed by atoms with E-state index in [9.17, 15) is 4.39 Å². The molecule has 0 fully saturated rings. The predicted molar refractivity (Wildman–Crippen MR) is 191 cm³/mol. The number of halogens is 1. The van der Waals surface area contributed by atoms with Gasteiger partial charge in [0.25, 0.3) is 0 Å². The molecule has 0 saturated carbocycles. The highest BCUT2D eigenvalue weighted by atomic mass is 32.2. The summed E-state index contributed by atoms with van der Waals surface area (Å²) in [6, 6.07) is 24.7. The predicted octanol–water partition coefficient (Wildman–Crippen LogP) is 7.76. The molecule has 0 aliphatic heterocycles. The summed E-state index contributed by atoms with van der Waals surface area (Å²) in [5.41, 5.74) is 10.1. The van der Waals surface area contributed by atoms with Crippen LogP contribution in [0.2, 0.25) is 0 Å². The van der Waals surface area contributed by atoms with Crippen molar-refractivity contribution < 1.29 is 4.39 Å². The molecule has 0 amide bonds. The topological polar surface area (TPSA) is 107 Å². The number of H-pyrrole nitrogens is 2. The van der Waals surface area contributed by atoms with Crippen LogP contribution in [0.3, 0.4) is 0 Å². The van der Waals surface area contributed by atoms with Crippen LogP contribution in [0.4, 0.5) is 10.1 Å². The molecule has 10 heteroatoms. The van der Waals surface area contributed by atoms with Crippen molar-refractivity contribution in [3.05, 3.63) is 121 Å². The fraction of sp³-hybridized carbons (Fsp3) is 0.0556. The summed E-state index contributed by atoms with van der Waals surface area (Å²) in [5, 5.41) is 11.9. The zero-order chi connectivity index (χ0) is 31.8.